The molecule has 0 aliphatic heterocycles. The van der Waals surface area contributed by atoms with E-state index < -0.39 is 0 Å². The van der Waals surface area contributed by atoms with Gasteiger partial charge in [0.25, 0.3) is 0 Å². The Kier molecular flexibility index (Phi) is 2.45. The topological polar surface area (TPSA) is 26.0 Å². The van der Waals surface area contributed by atoms with Gasteiger partial charge < -0.3 is 5.73 Å². The van der Waals surface area contributed by atoms with E-state index in [0.29, 0.717) is 0 Å². The van der Waals surface area contributed by atoms with Gasteiger partial charge in [-0.15, -0.1) is 35.7 Å². The molecular formula is C9H9NS3. The lowest BCUT2D eigenvalue weighted by atomic mass is 10.2. The van der Waals surface area contributed by atoms with Crippen LogP contribution in [0.1, 0.15) is 0 Å². The second-order valence-corrected chi connectivity index (χ2v) is 4.93. The van der Waals surface area contributed by atoms with Gasteiger partial charge in [0.05, 0.1) is 0 Å². The van der Waals surface area contributed by atoms with Gasteiger partial charge in [-0.1, -0.05) is 0 Å². The highest BCUT2D eigenvalue weighted by molar-refractivity contribution is 7.99. The van der Waals surface area contributed by atoms with Crippen molar-refractivity contribution in [2.24, 2.45) is 0 Å². The van der Waals surface area contributed by atoms with Crippen LogP contribution in [0.3, 0.4) is 0 Å². The fourth-order valence-corrected chi connectivity index (χ4v) is 3.45. The van der Waals surface area contributed by atoms with Crippen LogP contribution >= 0.6 is 35.7 Å². The van der Waals surface area contributed by atoms with Gasteiger partial charge in [0.2, 0.25) is 0 Å². The number of thioether (sulfide) groups is 1. The molecule has 0 radical (unpaired) electrons. The molecule has 0 unspecified atom stereocenters. The summed E-state index contributed by atoms with van der Waals surface area (Å²) in [5, 5.41) is 3.21. The SMILES string of the molecule is CSc1cc(N)cc2c(S)csc12. The van der Waals surface area contributed by atoms with Crippen molar-refractivity contribution in [1.82, 2.24) is 0 Å². The second-order valence-electron chi connectivity index (χ2n) is 2.72. The van der Waals surface area contributed by atoms with E-state index in [9.17, 15) is 0 Å². The van der Waals surface area contributed by atoms with Crippen LogP contribution in [-0.4, -0.2) is 6.26 Å². The molecule has 0 atom stereocenters. The first-order chi connectivity index (χ1) is 6.22. The van der Waals surface area contributed by atoms with Crippen molar-refractivity contribution in [2.75, 3.05) is 12.0 Å². The number of hydrogen-bond acceptors (Lipinski definition) is 4. The van der Waals surface area contributed by atoms with E-state index in [1.54, 1.807) is 23.1 Å². The van der Waals surface area contributed by atoms with Crippen LogP contribution in [0, 0.1) is 0 Å². The zero-order chi connectivity index (χ0) is 9.42. The number of nitrogens with two attached hydrogens (primary N) is 1. The Morgan fingerprint density at radius 2 is 2.23 bits per heavy atom. The Balaban J connectivity index is 2.84. The zero-order valence-corrected chi connectivity index (χ0v) is 9.60. The maximum Gasteiger partial charge on any atom is 0.0491 e. The van der Waals surface area contributed by atoms with E-state index in [1.165, 1.54) is 9.60 Å². The number of thiol groups is 1. The lowest BCUT2D eigenvalue weighted by molar-refractivity contribution is 1.56. The third-order valence-corrected chi connectivity index (χ3v) is 4.33. The molecule has 0 saturated heterocycles. The molecule has 0 bridgehead atoms. The molecule has 2 N–H and O–H groups in total. The molecule has 2 rings (SSSR count). The molecule has 2 aromatic rings. The van der Waals surface area contributed by atoms with Crippen LogP contribution in [0.5, 0.6) is 0 Å². The van der Waals surface area contributed by atoms with E-state index in [4.69, 9.17) is 5.73 Å². The fourth-order valence-electron chi connectivity index (χ4n) is 1.27. The number of benzene rings is 1. The summed E-state index contributed by atoms with van der Waals surface area (Å²) in [5.41, 5.74) is 6.60. The summed E-state index contributed by atoms with van der Waals surface area (Å²) in [6.45, 7) is 0. The molecule has 1 nitrogen and oxygen atoms in total. The van der Waals surface area contributed by atoms with Crippen molar-refractivity contribution in [2.45, 2.75) is 9.79 Å². The fraction of sp³-hybridized carbons (Fsp3) is 0.111. The Hall–Kier alpha value is -0.320. The van der Waals surface area contributed by atoms with E-state index in [-0.39, 0.29) is 0 Å². The number of thiophene rings is 1. The standard InChI is InChI=1S/C9H9NS3/c1-12-8-3-5(10)2-6-7(11)4-13-9(6)8/h2-4,11H,10H2,1H3. The molecule has 0 saturated carbocycles. The predicted molar refractivity (Wildman–Crippen MR) is 65.3 cm³/mol. The normalized spacial score (nSPS) is 10.9. The van der Waals surface area contributed by atoms with Gasteiger partial charge in [-0.3, -0.25) is 0 Å². The van der Waals surface area contributed by atoms with E-state index in [0.717, 1.165) is 16.0 Å². The Bertz CT molecular complexity index is 447. The quantitative estimate of drug-likeness (QED) is 0.443. The van der Waals surface area contributed by atoms with Crippen LogP contribution in [0.2, 0.25) is 0 Å². The predicted octanol–water partition coefficient (Wildman–Crippen LogP) is 3.49. The first kappa shape index (κ1) is 9.24. The second kappa shape index (κ2) is 3.44. The molecule has 1 heterocycles. The Labute approximate surface area is 90.7 Å². The van der Waals surface area contributed by atoms with Crippen LogP contribution in [-0.2, 0) is 0 Å². The smallest absolute Gasteiger partial charge is 0.0491 e. The van der Waals surface area contributed by atoms with Gasteiger partial charge in [0.1, 0.15) is 0 Å². The zero-order valence-electron chi connectivity index (χ0n) is 7.07. The molecule has 68 valence electrons. The molecular weight excluding hydrogens is 218 g/mol. The molecule has 4 heteroatoms. The first-order valence-corrected chi connectivity index (χ1v) is 6.31. The lowest BCUT2D eigenvalue weighted by Gasteiger charge is -2.01. The summed E-state index contributed by atoms with van der Waals surface area (Å²) in [4.78, 5) is 2.25. The van der Waals surface area contributed by atoms with Crippen LogP contribution in [0.15, 0.2) is 27.3 Å². The van der Waals surface area contributed by atoms with Crippen molar-refractivity contribution in [3.63, 3.8) is 0 Å². The van der Waals surface area contributed by atoms with Crippen molar-refractivity contribution in [1.29, 1.82) is 0 Å². The first-order valence-electron chi connectivity index (χ1n) is 3.76. The summed E-state index contributed by atoms with van der Waals surface area (Å²) in [6.07, 6.45) is 2.06. The van der Waals surface area contributed by atoms with Crippen LogP contribution < -0.4 is 5.73 Å². The average molecular weight is 227 g/mol. The minimum atomic E-state index is 0.811. The monoisotopic (exact) mass is 227 g/mol. The molecule has 1 aromatic carbocycles. The van der Waals surface area contributed by atoms with E-state index in [2.05, 4.69) is 18.9 Å². The summed E-state index contributed by atoms with van der Waals surface area (Å²) < 4.78 is 1.28. The molecule has 0 aliphatic rings. The van der Waals surface area contributed by atoms with Gasteiger partial charge in [0.15, 0.2) is 0 Å². The summed E-state index contributed by atoms with van der Waals surface area (Å²) >= 11 is 7.82. The van der Waals surface area contributed by atoms with Gasteiger partial charge in [-0.25, -0.2) is 0 Å². The number of nitrogen functional groups attached to an aromatic ring is 1. The van der Waals surface area contributed by atoms with Gasteiger partial charge in [-0.05, 0) is 18.4 Å². The van der Waals surface area contributed by atoms with Gasteiger partial charge in [0, 0.05) is 30.9 Å². The van der Waals surface area contributed by atoms with Crippen molar-refractivity contribution < 1.29 is 0 Å². The molecule has 1 aromatic heterocycles. The largest absolute Gasteiger partial charge is 0.399 e. The number of fused-ring (bicyclic) bond motifs is 1. The summed E-state index contributed by atoms with van der Waals surface area (Å²) in [7, 11) is 0. The minimum absolute atomic E-state index is 0.811. The molecule has 0 fully saturated rings. The van der Waals surface area contributed by atoms with Crippen LogP contribution in [0.4, 0.5) is 5.69 Å². The summed E-state index contributed by atoms with van der Waals surface area (Å²) in [6, 6.07) is 3.99. The Morgan fingerprint density at radius 3 is 2.92 bits per heavy atom. The lowest BCUT2D eigenvalue weighted by Crippen LogP contribution is -1.84. The molecule has 0 aliphatic carbocycles. The van der Waals surface area contributed by atoms with Crippen molar-refractivity contribution >= 4 is 51.5 Å². The van der Waals surface area contributed by atoms with Crippen molar-refractivity contribution in [3.8, 4) is 0 Å². The molecule has 13 heavy (non-hydrogen) atoms. The number of anilines is 1. The number of rotatable bonds is 1. The third kappa shape index (κ3) is 1.54. The summed E-state index contributed by atoms with van der Waals surface area (Å²) in [5.74, 6) is 0. The minimum Gasteiger partial charge on any atom is -0.399 e. The van der Waals surface area contributed by atoms with E-state index in [1.807, 2.05) is 17.5 Å². The average Bonchev–Trinajstić information content (AvgIpc) is 2.47. The maximum atomic E-state index is 5.79. The van der Waals surface area contributed by atoms with Gasteiger partial charge >= 0.3 is 0 Å². The highest BCUT2D eigenvalue weighted by Gasteiger charge is 2.06. The molecule has 0 spiro atoms. The van der Waals surface area contributed by atoms with Crippen molar-refractivity contribution in [3.05, 3.63) is 17.5 Å². The third-order valence-electron chi connectivity index (χ3n) is 1.86. The van der Waals surface area contributed by atoms with Gasteiger partial charge in [-0.2, -0.15) is 0 Å². The maximum absolute atomic E-state index is 5.79. The highest BCUT2D eigenvalue weighted by Crippen LogP contribution is 2.37. The number of hydrogen-bond donors (Lipinski definition) is 2. The highest BCUT2D eigenvalue weighted by atomic mass is 32.2. The molecule has 0 amide bonds. The van der Waals surface area contributed by atoms with Crippen LogP contribution in [0.25, 0.3) is 10.1 Å². The van der Waals surface area contributed by atoms with E-state index >= 15 is 0 Å². The Morgan fingerprint density at radius 1 is 1.46 bits per heavy atom.